The zero-order valence-corrected chi connectivity index (χ0v) is 14.5. The van der Waals surface area contributed by atoms with Crippen molar-refractivity contribution >= 4 is 28.4 Å². The Hall–Kier alpha value is -3.18. The first kappa shape index (κ1) is 16.3. The van der Waals surface area contributed by atoms with Crippen LogP contribution in [0.1, 0.15) is 15.9 Å². The summed E-state index contributed by atoms with van der Waals surface area (Å²) in [5.74, 6) is -0.142. The molecule has 1 N–H and O–H groups in total. The van der Waals surface area contributed by atoms with Crippen LogP contribution in [0.4, 0.5) is 0 Å². The first-order valence-corrected chi connectivity index (χ1v) is 8.51. The van der Waals surface area contributed by atoms with Gasteiger partial charge in [-0.2, -0.15) is 5.10 Å². The van der Waals surface area contributed by atoms with E-state index in [0.29, 0.717) is 17.3 Å². The van der Waals surface area contributed by atoms with Crippen LogP contribution in [0.3, 0.4) is 0 Å². The summed E-state index contributed by atoms with van der Waals surface area (Å²) in [5.41, 5.74) is 3.27. The van der Waals surface area contributed by atoms with Gasteiger partial charge in [0, 0.05) is 29.9 Å². The van der Waals surface area contributed by atoms with E-state index in [2.05, 4.69) is 15.4 Å². The molecule has 0 bridgehead atoms. The molecule has 5 nitrogen and oxygen atoms in total. The maximum atomic E-state index is 12.5. The van der Waals surface area contributed by atoms with Gasteiger partial charge in [0.1, 0.15) is 5.15 Å². The van der Waals surface area contributed by atoms with E-state index in [1.54, 1.807) is 29.1 Å². The summed E-state index contributed by atoms with van der Waals surface area (Å²) in [7, 11) is 0. The molecule has 0 saturated carbocycles. The van der Waals surface area contributed by atoms with Crippen molar-refractivity contribution in [3.63, 3.8) is 0 Å². The highest BCUT2D eigenvalue weighted by molar-refractivity contribution is 6.29. The molecule has 0 atom stereocenters. The maximum Gasteiger partial charge on any atom is 0.251 e. The van der Waals surface area contributed by atoms with Gasteiger partial charge in [-0.1, -0.05) is 29.8 Å². The molecule has 4 aromatic rings. The van der Waals surface area contributed by atoms with Crippen LogP contribution < -0.4 is 5.32 Å². The molecule has 0 aliphatic carbocycles. The van der Waals surface area contributed by atoms with Gasteiger partial charge in [-0.25, -0.2) is 9.67 Å². The molecule has 1 amide bonds. The Balaban J connectivity index is 1.54. The van der Waals surface area contributed by atoms with Crippen molar-refractivity contribution in [1.29, 1.82) is 0 Å². The third-order valence-corrected chi connectivity index (χ3v) is 4.31. The summed E-state index contributed by atoms with van der Waals surface area (Å²) in [6.45, 7) is 0.409. The van der Waals surface area contributed by atoms with E-state index in [0.717, 1.165) is 22.2 Å². The minimum atomic E-state index is -0.142. The van der Waals surface area contributed by atoms with E-state index in [-0.39, 0.29) is 5.91 Å². The van der Waals surface area contributed by atoms with Crippen molar-refractivity contribution < 1.29 is 4.79 Å². The number of rotatable bonds is 4. The highest BCUT2D eigenvalue weighted by Crippen LogP contribution is 2.18. The molecular weight excluding hydrogens is 348 g/mol. The summed E-state index contributed by atoms with van der Waals surface area (Å²) in [6.07, 6.45) is 3.60. The van der Waals surface area contributed by atoms with Gasteiger partial charge in [0.05, 0.1) is 11.2 Å². The molecule has 0 aliphatic rings. The van der Waals surface area contributed by atoms with Crippen molar-refractivity contribution in [2.45, 2.75) is 6.54 Å². The number of halogens is 1. The van der Waals surface area contributed by atoms with Crippen molar-refractivity contribution in [1.82, 2.24) is 20.1 Å². The fourth-order valence-electron chi connectivity index (χ4n) is 2.81. The number of para-hydroxylation sites is 1. The zero-order valence-electron chi connectivity index (χ0n) is 13.8. The fraction of sp³-hybridized carbons (Fsp3) is 0.0500. The largest absolute Gasteiger partial charge is 0.348 e. The highest BCUT2D eigenvalue weighted by Gasteiger charge is 2.09. The monoisotopic (exact) mass is 362 g/mol. The average molecular weight is 363 g/mol. The molecule has 26 heavy (non-hydrogen) atoms. The summed E-state index contributed by atoms with van der Waals surface area (Å²) >= 11 is 5.90. The molecule has 0 aliphatic heterocycles. The number of amides is 1. The Bertz CT molecular complexity index is 1080. The van der Waals surface area contributed by atoms with Gasteiger partial charge < -0.3 is 5.32 Å². The van der Waals surface area contributed by atoms with Gasteiger partial charge in [-0.3, -0.25) is 4.79 Å². The maximum absolute atomic E-state index is 12.5. The summed E-state index contributed by atoms with van der Waals surface area (Å²) < 4.78 is 1.78. The van der Waals surface area contributed by atoms with E-state index in [1.807, 2.05) is 48.7 Å². The molecule has 0 radical (unpaired) electrons. The van der Waals surface area contributed by atoms with Crippen LogP contribution >= 0.6 is 11.6 Å². The third kappa shape index (κ3) is 3.30. The summed E-state index contributed by atoms with van der Waals surface area (Å²) in [6, 6.07) is 18.6. The first-order chi connectivity index (χ1) is 12.7. The van der Waals surface area contributed by atoms with Gasteiger partial charge in [0.25, 0.3) is 5.91 Å². The van der Waals surface area contributed by atoms with Crippen LogP contribution in [0.5, 0.6) is 0 Å². The Morgan fingerprint density at radius 1 is 1.08 bits per heavy atom. The lowest BCUT2D eigenvalue weighted by atomic mass is 10.1. The van der Waals surface area contributed by atoms with E-state index in [4.69, 9.17) is 11.6 Å². The molecule has 0 spiro atoms. The van der Waals surface area contributed by atoms with Crippen molar-refractivity contribution in [2.75, 3.05) is 0 Å². The number of hydrogen-bond donors (Lipinski definition) is 1. The van der Waals surface area contributed by atoms with Crippen LogP contribution in [-0.4, -0.2) is 20.7 Å². The number of fused-ring (bicyclic) bond motifs is 1. The predicted molar refractivity (Wildman–Crippen MR) is 101 cm³/mol. The van der Waals surface area contributed by atoms with Gasteiger partial charge in [-0.05, 0) is 48.0 Å². The number of carbonyl (C=O) groups excluding carboxylic acids is 1. The van der Waals surface area contributed by atoms with E-state index in [9.17, 15) is 4.79 Å². The molecule has 128 valence electrons. The molecule has 2 aromatic heterocycles. The quantitative estimate of drug-likeness (QED) is 0.558. The molecular formula is C20H15ClN4O. The molecule has 4 rings (SSSR count). The van der Waals surface area contributed by atoms with Gasteiger partial charge >= 0.3 is 0 Å². The summed E-state index contributed by atoms with van der Waals surface area (Å²) in [4.78, 5) is 16.8. The molecule has 0 unspecified atom stereocenters. The van der Waals surface area contributed by atoms with Gasteiger partial charge in [0.2, 0.25) is 0 Å². The molecule has 2 aromatic carbocycles. The lowest BCUT2D eigenvalue weighted by molar-refractivity contribution is 0.0951. The van der Waals surface area contributed by atoms with Gasteiger partial charge in [0.15, 0.2) is 0 Å². The van der Waals surface area contributed by atoms with Crippen molar-refractivity contribution in [3.05, 3.63) is 89.3 Å². The highest BCUT2D eigenvalue weighted by atomic mass is 35.5. The number of benzene rings is 2. The SMILES string of the molecule is O=C(NCc1ccccc1-n1cccn1)c1ccc2nc(Cl)ccc2c1. The fourth-order valence-corrected chi connectivity index (χ4v) is 2.97. The molecule has 0 fully saturated rings. The minimum absolute atomic E-state index is 0.142. The number of aromatic nitrogens is 3. The topological polar surface area (TPSA) is 59.8 Å². The van der Waals surface area contributed by atoms with E-state index in [1.165, 1.54) is 0 Å². The Labute approximate surface area is 155 Å². The second-order valence-electron chi connectivity index (χ2n) is 5.80. The minimum Gasteiger partial charge on any atom is -0.348 e. The lowest BCUT2D eigenvalue weighted by Crippen LogP contribution is -2.23. The Kier molecular flexibility index (Phi) is 4.37. The number of nitrogens with zero attached hydrogens (tertiary/aromatic N) is 3. The third-order valence-electron chi connectivity index (χ3n) is 4.10. The average Bonchev–Trinajstić information content (AvgIpc) is 3.20. The van der Waals surface area contributed by atoms with Crippen LogP contribution in [0.15, 0.2) is 73.1 Å². The second-order valence-corrected chi connectivity index (χ2v) is 6.19. The number of hydrogen-bond acceptors (Lipinski definition) is 3. The van der Waals surface area contributed by atoms with Crippen LogP contribution in [-0.2, 0) is 6.54 Å². The van der Waals surface area contributed by atoms with Crippen LogP contribution in [0, 0.1) is 0 Å². The second kappa shape index (κ2) is 6.98. The van der Waals surface area contributed by atoms with Crippen LogP contribution in [0.25, 0.3) is 16.6 Å². The molecule has 2 heterocycles. The number of carbonyl (C=O) groups is 1. The van der Waals surface area contributed by atoms with Crippen molar-refractivity contribution in [2.24, 2.45) is 0 Å². The summed E-state index contributed by atoms with van der Waals surface area (Å²) in [5, 5.41) is 8.54. The number of nitrogens with one attached hydrogen (secondary N) is 1. The Morgan fingerprint density at radius 2 is 1.96 bits per heavy atom. The predicted octanol–water partition coefficient (Wildman–Crippen LogP) is 4.00. The molecule has 0 saturated heterocycles. The van der Waals surface area contributed by atoms with Gasteiger partial charge in [-0.15, -0.1) is 0 Å². The first-order valence-electron chi connectivity index (χ1n) is 8.13. The normalized spacial score (nSPS) is 10.8. The lowest BCUT2D eigenvalue weighted by Gasteiger charge is -2.11. The smallest absolute Gasteiger partial charge is 0.251 e. The van der Waals surface area contributed by atoms with Crippen molar-refractivity contribution in [3.8, 4) is 5.69 Å². The van der Waals surface area contributed by atoms with Crippen LogP contribution in [0.2, 0.25) is 5.15 Å². The molecule has 6 heteroatoms. The van der Waals surface area contributed by atoms with E-state index < -0.39 is 0 Å². The zero-order chi connectivity index (χ0) is 17.9. The van der Waals surface area contributed by atoms with E-state index >= 15 is 0 Å². The number of pyridine rings is 1. The standard InChI is InChI=1S/C20H15ClN4O/c21-19-9-7-14-12-15(6-8-17(14)24-19)20(26)22-13-16-4-1-2-5-18(16)25-11-3-10-23-25/h1-12H,13H2,(H,22,26). The Morgan fingerprint density at radius 3 is 2.81 bits per heavy atom.